The highest BCUT2D eigenvalue weighted by molar-refractivity contribution is 5.79. The summed E-state index contributed by atoms with van der Waals surface area (Å²) < 4.78 is 7.55. The van der Waals surface area contributed by atoms with Crippen LogP contribution < -0.4 is 15.4 Å². The normalized spacial score (nSPS) is 11.4. The molecule has 0 fully saturated rings. The molecule has 1 heterocycles. The van der Waals surface area contributed by atoms with Crippen molar-refractivity contribution in [2.45, 2.75) is 39.7 Å². The van der Waals surface area contributed by atoms with E-state index in [1.165, 1.54) is 5.56 Å². The van der Waals surface area contributed by atoms with Gasteiger partial charge in [0, 0.05) is 26.3 Å². The summed E-state index contributed by atoms with van der Waals surface area (Å²) in [7, 11) is 1.93. The van der Waals surface area contributed by atoms with Crippen molar-refractivity contribution in [2.24, 2.45) is 12.0 Å². The summed E-state index contributed by atoms with van der Waals surface area (Å²) in [6.07, 6.45) is 4.98. The Hall–Kier alpha value is -2.50. The number of aliphatic imine (C=N–C) groups is 1. The summed E-state index contributed by atoms with van der Waals surface area (Å²) in [5.74, 6) is 1.77. The molecule has 0 atom stereocenters. The van der Waals surface area contributed by atoms with Crippen LogP contribution in [0.3, 0.4) is 0 Å². The van der Waals surface area contributed by atoms with Gasteiger partial charge in [0.1, 0.15) is 5.75 Å². The number of guanidine groups is 1. The molecule has 0 saturated carbocycles. The monoisotopic (exact) mass is 357 g/mol. The second kappa shape index (κ2) is 11.2. The van der Waals surface area contributed by atoms with E-state index in [2.05, 4.69) is 46.7 Å². The van der Waals surface area contributed by atoms with Crippen molar-refractivity contribution in [3.05, 3.63) is 47.8 Å². The van der Waals surface area contributed by atoms with Gasteiger partial charge in [0.05, 0.1) is 18.8 Å². The molecule has 0 radical (unpaired) electrons. The molecule has 2 rings (SSSR count). The summed E-state index contributed by atoms with van der Waals surface area (Å²) in [5, 5.41) is 10.8. The maximum atomic E-state index is 5.70. The summed E-state index contributed by atoms with van der Waals surface area (Å²) >= 11 is 0. The first-order valence-electron chi connectivity index (χ1n) is 9.43. The van der Waals surface area contributed by atoms with E-state index >= 15 is 0 Å². The van der Waals surface area contributed by atoms with Crippen LogP contribution in [-0.4, -0.2) is 35.4 Å². The first-order valence-corrected chi connectivity index (χ1v) is 9.43. The van der Waals surface area contributed by atoms with Crippen molar-refractivity contribution in [3.8, 4) is 5.75 Å². The van der Waals surface area contributed by atoms with Crippen LogP contribution in [0, 0.1) is 0 Å². The molecule has 26 heavy (non-hydrogen) atoms. The maximum absolute atomic E-state index is 5.70. The fourth-order valence-corrected chi connectivity index (χ4v) is 2.47. The van der Waals surface area contributed by atoms with Crippen molar-refractivity contribution in [1.82, 2.24) is 20.4 Å². The molecule has 6 nitrogen and oxygen atoms in total. The highest BCUT2D eigenvalue weighted by Gasteiger charge is 2.01. The second-order valence-corrected chi connectivity index (χ2v) is 6.16. The van der Waals surface area contributed by atoms with Crippen LogP contribution in [0.2, 0.25) is 0 Å². The van der Waals surface area contributed by atoms with E-state index < -0.39 is 0 Å². The number of aromatic nitrogens is 2. The number of nitrogens with zero attached hydrogens (tertiary/aromatic N) is 3. The molecular formula is C20H31N5O. The van der Waals surface area contributed by atoms with E-state index in [9.17, 15) is 0 Å². The molecule has 2 aromatic rings. The highest BCUT2D eigenvalue weighted by atomic mass is 16.5. The molecule has 0 unspecified atom stereocenters. The van der Waals surface area contributed by atoms with Gasteiger partial charge in [-0.25, -0.2) is 4.99 Å². The molecule has 1 aromatic heterocycles. The number of aryl methyl sites for hydroxylation is 1. The predicted molar refractivity (Wildman–Crippen MR) is 107 cm³/mol. The maximum Gasteiger partial charge on any atom is 0.191 e. The van der Waals surface area contributed by atoms with Crippen LogP contribution in [0.25, 0.3) is 0 Å². The Balaban J connectivity index is 1.78. The van der Waals surface area contributed by atoms with Crippen molar-refractivity contribution in [1.29, 1.82) is 0 Å². The molecule has 142 valence electrons. The third-order valence-corrected chi connectivity index (χ3v) is 4.06. The molecule has 1 aromatic carbocycles. The fraction of sp³-hybridized carbons (Fsp3) is 0.500. The molecule has 0 amide bonds. The minimum absolute atomic E-state index is 0.607. The van der Waals surface area contributed by atoms with E-state index in [1.807, 2.05) is 29.9 Å². The smallest absolute Gasteiger partial charge is 0.191 e. The lowest BCUT2D eigenvalue weighted by Gasteiger charge is -2.12. The van der Waals surface area contributed by atoms with Gasteiger partial charge in [-0.2, -0.15) is 5.10 Å². The summed E-state index contributed by atoms with van der Waals surface area (Å²) in [6.45, 7) is 7.29. The summed E-state index contributed by atoms with van der Waals surface area (Å²) in [4.78, 5) is 4.62. The second-order valence-electron chi connectivity index (χ2n) is 6.16. The third kappa shape index (κ3) is 6.78. The summed E-state index contributed by atoms with van der Waals surface area (Å²) in [6, 6.07) is 10.3. The standard InChI is InChI=1S/C20H31N5O/c1-4-6-15-26-19-9-7-17(8-10-19)11-13-22-20(21-5-2)23-16-18-12-14-24-25(18)3/h7-10,12,14H,4-6,11,13,15-16H2,1-3H3,(H2,21,22,23). The first kappa shape index (κ1) is 19.8. The van der Waals surface area contributed by atoms with E-state index in [-0.39, 0.29) is 0 Å². The molecule has 0 spiro atoms. The van der Waals surface area contributed by atoms with Crippen LogP contribution in [0.4, 0.5) is 0 Å². The van der Waals surface area contributed by atoms with Gasteiger partial charge in [0.15, 0.2) is 5.96 Å². The van der Waals surface area contributed by atoms with Gasteiger partial charge in [-0.1, -0.05) is 25.5 Å². The molecular weight excluding hydrogens is 326 g/mol. The van der Waals surface area contributed by atoms with Crippen molar-refractivity contribution in [3.63, 3.8) is 0 Å². The largest absolute Gasteiger partial charge is 0.494 e. The highest BCUT2D eigenvalue weighted by Crippen LogP contribution is 2.13. The molecule has 0 aliphatic heterocycles. The van der Waals surface area contributed by atoms with Crippen LogP contribution >= 0.6 is 0 Å². The Labute approximate surface area is 156 Å². The van der Waals surface area contributed by atoms with E-state index in [0.29, 0.717) is 6.54 Å². The zero-order valence-corrected chi connectivity index (χ0v) is 16.2. The molecule has 0 aliphatic rings. The van der Waals surface area contributed by atoms with E-state index in [0.717, 1.165) is 56.4 Å². The Morgan fingerprint density at radius 2 is 1.96 bits per heavy atom. The van der Waals surface area contributed by atoms with Gasteiger partial charge in [-0.05, 0) is 43.5 Å². The number of rotatable bonds is 10. The Morgan fingerprint density at radius 1 is 1.15 bits per heavy atom. The topological polar surface area (TPSA) is 63.5 Å². The minimum Gasteiger partial charge on any atom is -0.494 e. The minimum atomic E-state index is 0.607. The summed E-state index contributed by atoms with van der Waals surface area (Å²) in [5.41, 5.74) is 2.36. The molecule has 6 heteroatoms. The lowest BCUT2D eigenvalue weighted by Crippen LogP contribution is -2.38. The lowest BCUT2D eigenvalue weighted by molar-refractivity contribution is 0.309. The SMILES string of the molecule is CCCCOc1ccc(CCNC(=NCc2ccnn2C)NCC)cc1. The van der Waals surface area contributed by atoms with E-state index in [1.54, 1.807) is 6.20 Å². The predicted octanol–water partition coefficient (Wildman–Crippen LogP) is 2.90. The number of hydrogen-bond acceptors (Lipinski definition) is 3. The van der Waals surface area contributed by atoms with Crippen molar-refractivity contribution < 1.29 is 4.74 Å². The van der Waals surface area contributed by atoms with Crippen molar-refractivity contribution >= 4 is 5.96 Å². The van der Waals surface area contributed by atoms with Crippen LogP contribution in [0.15, 0.2) is 41.5 Å². The third-order valence-electron chi connectivity index (χ3n) is 4.06. The van der Waals surface area contributed by atoms with Crippen LogP contribution in [0.5, 0.6) is 5.75 Å². The zero-order valence-electron chi connectivity index (χ0n) is 16.2. The van der Waals surface area contributed by atoms with Gasteiger partial charge in [0.2, 0.25) is 0 Å². The van der Waals surface area contributed by atoms with Crippen LogP contribution in [0.1, 0.15) is 37.9 Å². The number of hydrogen-bond donors (Lipinski definition) is 2. The number of unbranched alkanes of at least 4 members (excludes halogenated alkanes) is 1. The lowest BCUT2D eigenvalue weighted by atomic mass is 10.1. The Bertz CT molecular complexity index is 663. The van der Waals surface area contributed by atoms with Gasteiger partial charge in [-0.15, -0.1) is 0 Å². The van der Waals surface area contributed by atoms with Gasteiger partial charge in [0.25, 0.3) is 0 Å². The van der Waals surface area contributed by atoms with Gasteiger partial charge in [-0.3, -0.25) is 4.68 Å². The van der Waals surface area contributed by atoms with Gasteiger partial charge >= 0.3 is 0 Å². The average Bonchev–Trinajstić information content (AvgIpc) is 3.06. The Morgan fingerprint density at radius 3 is 2.62 bits per heavy atom. The number of nitrogens with one attached hydrogen (secondary N) is 2. The Kier molecular flexibility index (Phi) is 8.52. The van der Waals surface area contributed by atoms with Crippen molar-refractivity contribution in [2.75, 3.05) is 19.7 Å². The molecule has 0 aliphatic carbocycles. The zero-order chi connectivity index (χ0) is 18.6. The quantitative estimate of drug-likeness (QED) is 0.390. The first-order chi connectivity index (χ1) is 12.7. The number of ether oxygens (including phenoxy) is 1. The van der Waals surface area contributed by atoms with Gasteiger partial charge < -0.3 is 15.4 Å². The number of benzene rings is 1. The molecule has 0 saturated heterocycles. The average molecular weight is 358 g/mol. The van der Waals surface area contributed by atoms with Crippen LogP contribution in [-0.2, 0) is 20.0 Å². The molecule has 0 bridgehead atoms. The molecule has 2 N–H and O–H groups in total. The fourth-order valence-electron chi connectivity index (χ4n) is 2.47. The van der Waals surface area contributed by atoms with E-state index in [4.69, 9.17) is 4.74 Å².